The lowest BCUT2D eigenvalue weighted by Crippen LogP contribution is -2.31. The van der Waals surface area contributed by atoms with Crippen LogP contribution in [0.5, 0.6) is 5.75 Å². The largest absolute Gasteiger partial charge is 0.491 e. The molecule has 0 saturated heterocycles. The Morgan fingerprint density at radius 2 is 2.08 bits per heavy atom. The number of nitrogens with one attached hydrogen (secondary N) is 2. The van der Waals surface area contributed by atoms with Crippen molar-refractivity contribution in [3.8, 4) is 11.8 Å². The monoisotopic (exact) mass is 363 g/mol. The minimum absolute atomic E-state index is 0.0119. The van der Waals surface area contributed by atoms with Gasteiger partial charge >= 0.3 is 0 Å². The van der Waals surface area contributed by atoms with Crippen LogP contribution in [0.2, 0.25) is 0 Å². The second-order valence-corrected chi connectivity index (χ2v) is 5.18. The zero-order valence-corrected chi connectivity index (χ0v) is 14.2. The van der Waals surface area contributed by atoms with Crippen molar-refractivity contribution in [3.63, 3.8) is 0 Å². The van der Waals surface area contributed by atoms with Gasteiger partial charge in [0, 0.05) is 24.5 Å². The van der Waals surface area contributed by atoms with Gasteiger partial charge in [-0.3, -0.25) is 0 Å². The average Bonchev–Trinajstić information content (AvgIpc) is 2.61. The van der Waals surface area contributed by atoms with Crippen LogP contribution in [0.1, 0.15) is 18.2 Å². The van der Waals surface area contributed by atoms with Gasteiger partial charge in [0.1, 0.15) is 11.9 Å². The highest BCUT2D eigenvalue weighted by atomic mass is 32.1. The Hall–Kier alpha value is -2.86. The minimum Gasteiger partial charge on any atom is -0.491 e. The summed E-state index contributed by atoms with van der Waals surface area (Å²) in [5.74, 6) is -1.15. The van der Waals surface area contributed by atoms with Crippen LogP contribution in [0.15, 0.2) is 24.5 Å². The van der Waals surface area contributed by atoms with Gasteiger partial charge in [-0.15, -0.1) is 0 Å². The quantitative estimate of drug-likeness (QED) is 0.763. The maximum absolute atomic E-state index is 14.2. The van der Waals surface area contributed by atoms with Crippen LogP contribution in [0.25, 0.3) is 0 Å². The summed E-state index contributed by atoms with van der Waals surface area (Å²) in [7, 11) is 0. The van der Waals surface area contributed by atoms with E-state index in [1.807, 2.05) is 6.07 Å². The fourth-order valence-electron chi connectivity index (χ4n) is 2.04. The molecule has 0 aliphatic heterocycles. The van der Waals surface area contributed by atoms with E-state index < -0.39 is 11.6 Å². The molecule has 0 unspecified atom stereocenters. The molecule has 0 aliphatic carbocycles. The molecule has 130 valence electrons. The molecule has 2 N–H and O–H groups in total. The molecule has 2 aromatic rings. The van der Waals surface area contributed by atoms with E-state index in [1.165, 1.54) is 24.5 Å². The van der Waals surface area contributed by atoms with Crippen molar-refractivity contribution in [2.75, 3.05) is 18.5 Å². The lowest BCUT2D eigenvalue weighted by Gasteiger charge is -2.12. The number of thiocarbonyl (C=S) groups is 1. The first-order chi connectivity index (χ1) is 12.1. The molecule has 0 bridgehead atoms. The number of ether oxygens (including phenoxy) is 1. The summed E-state index contributed by atoms with van der Waals surface area (Å²) in [5, 5.41) is 14.6. The molecule has 2 rings (SSSR count). The second-order valence-electron chi connectivity index (χ2n) is 4.77. The summed E-state index contributed by atoms with van der Waals surface area (Å²) in [6.07, 6.45) is 2.86. The molecule has 0 amide bonds. The summed E-state index contributed by atoms with van der Waals surface area (Å²) in [4.78, 5) is 7.80. The maximum atomic E-state index is 14.2. The van der Waals surface area contributed by atoms with Crippen LogP contribution in [-0.2, 0) is 6.42 Å². The first-order valence-corrected chi connectivity index (χ1v) is 7.83. The normalized spacial score (nSPS) is 10.0. The van der Waals surface area contributed by atoms with Crippen molar-refractivity contribution in [1.29, 1.82) is 5.26 Å². The Morgan fingerprint density at radius 1 is 1.32 bits per heavy atom. The summed E-state index contributed by atoms with van der Waals surface area (Å²) in [6.45, 7) is 2.18. The third kappa shape index (κ3) is 4.81. The number of hydrogen-bond acceptors (Lipinski definition) is 5. The molecule has 0 spiro atoms. The fraction of sp³-hybridized carbons (Fsp3) is 0.250. The van der Waals surface area contributed by atoms with Gasteiger partial charge in [-0.2, -0.15) is 5.26 Å². The molecule has 1 aromatic carbocycles. The van der Waals surface area contributed by atoms with Crippen LogP contribution in [0.4, 0.5) is 14.6 Å². The average molecular weight is 363 g/mol. The first kappa shape index (κ1) is 18.5. The third-order valence-electron chi connectivity index (χ3n) is 3.15. The van der Waals surface area contributed by atoms with Crippen molar-refractivity contribution in [1.82, 2.24) is 15.3 Å². The Kier molecular flexibility index (Phi) is 6.54. The summed E-state index contributed by atoms with van der Waals surface area (Å²) >= 11 is 5.08. The van der Waals surface area contributed by atoms with E-state index in [0.29, 0.717) is 0 Å². The Balaban J connectivity index is 1.96. The number of anilines is 1. The van der Waals surface area contributed by atoms with E-state index >= 15 is 0 Å². The predicted octanol–water partition coefficient (Wildman–Crippen LogP) is 2.55. The molecule has 0 aliphatic rings. The van der Waals surface area contributed by atoms with E-state index in [-0.39, 0.29) is 47.5 Å². The molecule has 0 atom stereocenters. The molecule has 0 radical (unpaired) electrons. The predicted molar refractivity (Wildman–Crippen MR) is 92.2 cm³/mol. The molecule has 1 aromatic heterocycles. The molecular formula is C16H15F2N5OS. The highest BCUT2D eigenvalue weighted by molar-refractivity contribution is 7.80. The highest BCUT2D eigenvalue weighted by Crippen LogP contribution is 2.23. The van der Waals surface area contributed by atoms with E-state index in [0.717, 1.165) is 0 Å². The minimum atomic E-state index is -0.719. The number of aromatic nitrogens is 2. The van der Waals surface area contributed by atoms with Crippen LogP contribution in [0.3, 0.4) is 0 Å². The SMILES string of the molecule is CCOc1ccc(F)c(CCNC(=S)Nc2nccnc2C#N)c1F. The highest BCUT2D eigenvalue weighted by Gasteiger charge is 2.14. The second kappa shape index (κ2) is 8.84. The van der Waals surface area contributed by atoms with Gasteiger partial charge in [0.05, 0.1) is 6.61 Å². The van der Waals surface area contributed by atoms with Crippen LogP contribution >= 0.6 is 12.2 Å². The van der Waals surface area contributed by atoms with E-state index in [2.05, 4.69) is 20.6 Å². The molecule has 1 heterocycles. The van der Waals surface area contributed by atoms with Crippen molar-refractivity contribution in [2.45, 2.75) is 13.3 Å². The molecule has 9 heteroatoms. The van der Waals surface area contributed by atoms with Gasteiger partial charge in [0.2, 0.25) is 0 Å². The number of rotatable bonds is 6. The Morgan fingerprint density at radius 3 is 2.80 bits per heavy atom. The molecule has 6 nitrogen and oxygen atoms in total. The van der Waals surface area contributed by atoms with Gasteiger partial charge < -0.3 is 15.4 Å². The zero-order chi connectivity index (χ0) is 18.2. The van der Waals surface area contributed by atoms with Gasteiger partial charge in [0.25, 0.3) is 0 Å². The van der Waals surface area contributed by atoms with Crippen molar-refractivity contribution in [2.24, 2.45) is 0 Å². The van der Waals surface area contributed by atoms with Gasteiger partial charge in [-0.05, 0) is 37.7 Å². The fourth-order valence-corrected chi connectivity index (χ4v) is 2.24. The molecule has 0 saturated carbocycles. The Labute approximate surface area is 148 Å². The summed E-state index contributed by atoms with van der Waals surface area (Å²) in [5.41, 5.74) is 0.00613. The number of benzene rings is 1. The number of halogens is 2. The number of hydrogen-bond donors (Lipinski definition) is 2. The standard InChI is InChI=1S/C16H15F2N5OS/c1-2-24-13-4-3-11(17)10(14(13)18)5-6-22-16(25)23-15-12(9-19)20-7-8-21-15/h3-4,7-8H,2,5-6H2,1H3,(H2,21,22,23,25). The molecule has 25 heavy (non-hydrogen) atoms. The molecular weight excluding hydrogens is 348 g/mol. The number of nitriles is 1. The van der Waals surface area contributed by atoms with Crippen LogP contribution in [-0.4, -0.2) is 28.2 Å². The topological polar surface area (TPSA) is 82.9 Å². The van der Waals surface area contributed by atoms with Crippen molar-refractivity contribution < 1.29 is 13.5 Å². The lowest BCUT2D eigenvalue weighted by molar-refractivity contribution is 0.318. The van der Waals surface area contributed by atoms with Gasteiger partial charge in [0.15, 0.2) is 28.2 Å². The van der Waals surface area contributed by atoms with Gasteiger partial charge in [-0.1, -0.05) is 0 Å². The summed E-state index contributed by atoms with van der Waals surface area (Å²) < 4.78 is 33.1. The smallest absolute Gasteiger partial charge is 0.183 e. The lowest BCUT2D eigenvalue weighted by atomic mass is 10.1. The van der Waals surface area contributed by atoms with E-state index in [9.17, 15) is 8.78 Å². The maximum Gasteiger partial charge on any atom is 0.183 e. The third-order valence-corrected chi connectivity index (χ3v) is 3.39. The molecule has 0 fully saturated rings. The van der Waals surface area contributed by atoms with E-state index in [4.69, 9.17) is 22.2 Å². The summed E-state index contributed by atoms with van der Waals surface area (Å²) in [6, 6.07) is 4.30. The Bertz CT molecular complexity index is 810. The first-order valence-electron chi connectivity index (χ1n) is 7.42. The van der Waals surface area contributed by atoms with Crippen LogP contribution in [0, 0.1) is 23.0 Å². The van der Waals surface area contributed by atoms with Gasteiger partial charge in [-0.25, -0.2) is 18.7 Å². The van der Waals surface area contributed by atoms with Crippen molar-refractivity contribution in [3.05, 3.63) is 47.4 Å². The van der Waals surface area contributed by atoms with Crippen LogP contribution < -0.4 is 15.4 Å². The van der Waals surface area contributed by atoms with E-state index in [1.54, 1.807) is 6.92 Å². The zero-order valence-electron chi connectivity index (χ0n) is 13.3. The number of nitrogens with zero attached hydrogens (tertiary/aromatic N) is 3. The van der Waals surface area contributed by atoms with Crippen molar-refractivity contribution >= 4 is 23.1 Å².